The van der Waals surface area contributed by atoms with Crippen LogP contribution in [0.2, 0.25) is 0 Å². The van der Waals surface area contributed by atoms with Crippen molar-refractivity contribution in [1.82, 2.24) is 53.3 Å². The summed E-state index contributed by atoms with van der Waals surface area (Å²) in [7, 11) is -4.69. The van der Waals surface area contributed by atoms with E-state index in [4.69, 9.17) is 81.7 Å². The number of hydrogen-bond donors (Lipinski definition) is 5. The van der Waals surface area contributed by atoms with Gasteiger partial charge in [-0.15, -0.1) is 6.42 Å². The molecule has 34 nitrogen and oxygen atoms in total. The Hall–Kier alpha value is -7.18. The van der Waals surface area contributed by atoms with E-state index in [0.29, 0.717) is 32.3 Å². The molecule has 6 unspecified atom stereocenters. The molecule has 5 N–H and O–H groups in total. The summed E-state index contributed by atoms with van der Waals surface area (Å²) in [6, 6.07) is 0.726. The van der Waals surface area contributed by atoms with Crippen LogP contribution in [0.3, 0.4) is 0 Å². The summed E-state index contributed by atoms with van der Waals surface area (Å²) >= 11 is 0. The van der Waals surface area contributed by atoms with E-state index in [1.165, 1.54) is 116 Å². The third kappa shape index (κ3) is 28.4. The quantitative estimate of drug-likeness (QED) is 0.0152. The van der Waals surface area contributed by atoms with Gasteiger partial charge in [-0.05, 0) is 109 Å². The van der Waals surface area contributed by atoms with Crippen LogP contribution in [-0.4, -0.2) is 217 Å². The maximum Gasteiger partial charge on any atom is 0.330 e. The van der Waals surface area contributed by atoms with E-state index in [1.807, 2.05) is 20.8 Å². The first-order valence-corrected chi connectivity index (χ1v) is 47.7. The molecular weight excluding hydrogens is 1670 g/mol. The normalized spacial score (nSPS) is 23.9. The molecule has 125 heavy (non-hydrogen) atoms. The van der Waals surface area contributed by atoms with Gasteiger partial charge in [0.25, 0.3) is 42.3 Å². The average Bonchev–Trinajstić information content (AvgIpc) is 1.58. The molecule has 6 bridgehead atoms. The predicted molar refractivity (Wildman–Crippen MR) is 480 cm³/mol. The number of amides is 2. The first-order valence-electron chi connectivity index (χ1n) is 44.3. The standard InChI is InChI=1S/C41H68N5O7P.C25H36N5O7P.C22H31N4O6P/c1-8-10-11-12-13-14-15-16-17-18-19-20-21-22-23-26-35(47)43-27-24-25-34-30-45(40(49)44-38(34)48)39-36-37(41(9-2,52-39)31-50-36)53-54(51-29-28-42-7)46(32(3)4)33(5)6;1-8-25-15-34-20(21(25)37-38(35-13-12-26-7)30(16(2)3)17(4)5)23(36-25)29-14-19(22(32)28-24(29)33)10-9-11-27-18(6)31;1-8-16-12-25(21(28)24-19(16)27)20-17-18(22(9-2,31-20)13-29-17)32-33(30-11-10-23-7)26(14(3)4)15(5)6/h30,32-33,36-37,39H,8-23,26-29,31H2,1-6H3,(H,43,47)(H,44,48,49);14,16-17,20-21,23H,8,11-13,15H2,1-6H3,(H,27,31)(H,28,32,33);1,12,14-15,17-18,20H,9-11,13H2,2-6H3,(H,24,27,28)/t36-,37?,39-,41-,54?;20-,21?,23-,25-,38?;17-,18?,20-,22-,33?/m111/s1. The zero-order valence-corrected chi connectivity index (χ0v) is 78.9. The second-order valence-electron chi connectivity index (χ2n) is 33.5. The maximum atomic E-state index is 13.1. The van der Waals surface area contributed by atoms with Gasteiger partial charge in [0.15, 0.2) is 18.7 Å². The highest BCUT2D eigenvalue weighted by Crippen LogP contribution is 2.59. The molecule has 3 aromatic rings. The second-order valence-corrected chi connectivity index (χ2v) is 37.7. The van der Waals surface area contributed by atoms with Gasteiger partial charge in [0.05, 0.1) is 32.9 Å². The highest BCUT2D eigenvalue weighted by molar-refractivity contribution is 7.45. The number of H-pyrrole nitrogens is 3. The van der Waals surface area contributed by atoms with Gasteiger partial charge in [0.1, 0.15) is 89.9 Å². The molecule has 2 amide bonds. The molecule has 0 aliphatic carbocycles. The van der Waals surface area contributed by atoms with Crippen molar-refractivity contribution in [2.75, 3.05) is 72.4 Å². The highest BCUT2D eigenvalue weighted by atomic mass is 31.2. The van der Waals surface area contributed by atoms with Gasteiger partial charge in [0.2, 0.25) is 31.4 Å². The summed E-state index contributed by atoms with van der Waals surface area (Å²) in [4.78, 5) is 116. The van der Waals surface area contributed by atoms with Gasteiger partial charge in [-0.25, -0.2) is 48.1 Å². The van der Waals surface area contributed by atoms with Crippen molar-refractivity contribution in [3.8, 4) is 36.0 Å². The molecule has 6 aliphatic heterocycles. The number of ether oxygens (including phenoxy) is 6. The summed E-state index contributed by atoms with van der Waals surface area (Å²) in [5, 5.41) is 5.35. The van der Waals surface area contributed by atoms with E-state index in [2.05, 4.69) is 174 Å². The summed E-state index contributed by atoms with van der Waals surface area (Å²) in [6.45, 7) is 58.0. The minimum atomic E-state index is -1.58. The van der Waals surface area contributed by atoms with Gasteiger partial charge >= 0.3 is 17.1 Å². The molecule has 9 heterocycles. The minimum Gasteiger partial charge on any atom is -0.368 e. The zero-order chi connectivity index (χ0) is 91.7. The Morgan fingerprint density at radius 2 is 0.768 bits per heavy atom. The topological polar surface area (TPSA) is 356 Å². The van der Waals surface area contributed by atoms with Crippen LogP contribution < -0.4 is 44.4 Å². The number of nitrogens with zero attached hydrogens (tertiary/aromatic N) is 9. The number of carbonyl (C=O) groups excluding carboxylic acids is 2. The molecule has 0 radical (unpaired) electrons. The SMILES string of the molecule is [C-]#[N+]CCOP(OC1[C@H]2OC[C@@]1(CC)O[C@H]2n1cc(C#C)c(=O)[nH]c1=O)N(C(C)C)C(C)C.[C-]#[N+]CCOP(OC1[C@H]2OC[C@@]1(CC)O[C@H]2n1cc(C#CCNC(=O)CCCCCCCCCCCCCCCCC)c(=O)[nH]c1=O)N(C(C)C)C(C)C.[C-]#[N+]CCOP(OC1[C@H]2OC[C@@]1(CC)O[C@H]2n1cc(C#CCNC(C)=O)c(=O)[nH]c1=O)N(C(C)C)C(C)C. The van der Waals surface area contributed by atoms with E-state index < -0.39 is 131 Å². The monoisotopic (exact) mass is 1800 g/mol. The number of rotatable bonds is 48. The number of fused-ring (bicyclic) bond motifs is 6. The van der Waals surface area contributed by atoms with Crippen molar-refractivity contribution in [2.45, 2.75) is 348 Å². The average molecular weight is 1800 g/mol. The Morgan fingerprint density at radius 3 is 1.05 bits per heavy atom. The number of terminal acetylenes is 1. The van der Waals surface area contributed by atoms with Crippen molar-refractivity contribution in [3.63, 3.8) is 0 Å². The Labute approximate surface area is 740 Å². The number of aromatic amines is 3. The molecule has 6 saturated heterocycles. The fraction of sp³-hybridized carbons (Fsp3) is 0.739. The molecule has 0 spiro atoms. The van der Waals surface area contributed by atoms with Gasteiger partial charge in [-0.2, -0.15) is 0 Å². The molecule has 0 aromatic carbocycles. The number of carbonyl (C=O) groups is 2. The number of nitrogens with one attached hydrogen (secondary N) is 5. The van der Waals surface area contributed by atoms with Gasteiger partial charge in [-0.3, -0.25) is 52.6 Å². The molecule has 15 atom stereocenters. The number of hydrogen-bond acceptors (Lipinski definition) is 23. The third-order valence-corrected chi connectivity index (χ3v) is 28.8. The molecule has 6 aliphatic rings. The van der Waals surface area contributed by atoms with Crippen LogP contribution in [0.5, 0.6) is 0 Å². The van der Waals surface area contributed by atoms with E-state index in [-0.39, 0.29) is 131 Å². The van der Waals surface area contributed by atoms with Crippen molar-refractivity contribution >= 4 is 37.4 Å². The fourth-order valence-corrected chi connectivity index (χ4v) is 21.5. The largest absolute Gasteiger partial charge is 0.368 e. The zero-order valence-electron chi connectivity index (χ0n) is 76.2. The van der Waals surface area contributed by atoms with Crippen LogP contribution in [0.4, 0.5) is 0 Å². The first-order chi connectivity index (χ1) is 59.8. The number of unbranched alkanes of at least 4 members (excludes halogenated alkanes) is 14. The second kappa shape index (κ2) is 51.9. The predicted octanol–water partition coefficient (Wildman–Crippen LogP) is 12.0. The van der Waals surface area contributed by atoms with E-state index in [9.17, 15) is 38.4 Å². The van der Waals surface area contributed by atoms with Gasteiger partial charge in [0, 0.05) is 68.2 Å². The van der Waals surface area contributed by atoms with Crippen molar-refractivity contribution in [3.05, 3.63) is 132 Å². The highest BCUT2D eigenvalue weighted by Gasteiger charge is 2.66. The summed E-state index contributed by atoms with van der Waals surface area (Å²) in [5.41, 5.74) is -6.09. The minimum absolute atomic E-state index is 0.0273. The van der Waals surface area contributed by atoms with Gasteiger partial charge in [-0.1, -0.05) is 147 Å². The van der Waals surface area contributed by atoms with Crippen LogP contribution in [0, 0.1) is 55.7 Å². The van der Waals surface area contributed by atoms with E-state index in [0.717, 1.165) is 19.3 Å². The van der Waals surface area contributed by atoms with Crippen LogP contribution in [-0.2, 0) is 65.2 Å². The Bertz CT molecular complexity index is 4610. The van der Waals surface area contributed by atoms with Crippen molar-refractivity contribution < 1.29 is 65.2 Å². The molecular formula is C88H135N14O20P3. The smallest absolute Gasteiger partial charge is 0.330 e. The van der Waals surface area contributed by atoms with E-state index >= 15 is 0 Å². The van der Waals surface area contributed by atoms with Gasteiger partial charge < -0.3 is 80.7 Å². The molecule has 6 fully saturated rings. The molecule has 9 rings (SSSR count). The Morgan fingerprint density at radius 1 is 0.480 bits per heavy atom. The Balaban J connectivity index is 0.000000267. The molecule has 3 aromatic heterocycles. The summed E-state index contributed by atoms with van der Waals surface area (Å²) < 4.78 is 86.2. The lowest BCUT2D eigenvalue weighted by Crippen LogP contribution is -2.43. The lowest BCUT2D eigenvalue weighted by atomic mass is 9.96. The molecule has 37 heteroatoms. The maximum absolute atomic E-state index is 13.1. The van der Waals surface area contributed by atoms with Crippen LogP contribution >= 0.6 is 25.6 Å². The summed E-state index contributed by atoms with van der Waals surface area (Å²) in [6.07, 6.45) is 24.7. The first kappa shape index (κ1) is 105. The molecule has 0 saturated carbocycles. The van der Waals surface area contributed by atoms with Crippen LogP contribution in [0.15, 0.2) is 47.4 Å². The van der Waals surface area contributed by atoms with Crippen molar-refractivity contribution in [2.24, 2.45) is 0 Å². The molecule has 692 valence electrons. The fourth-order valence-electron chi connectivity index (χ4n) is 16.1. The Kier molecular flexibility index (Phi) is 43.5. The van der Waals surface area contributed by atoms with E-state index in [1.54, 1.807) is 0 Å². The number of aromatic nitrogens is 6. The lowest BCUT2D eigenvalue weighted by molar-refractivity contribution is -0.175. The third-order valence-electron chi connectivity index (χ3n) is 22.4. The lowest BCUT2D eigenvalue weighted by Gasteiger charge is -2.38. The van der Waals surface area contributed by atoms with Crippen molar-refractivity contribution in [1.29, 1.82) is 0 Å². The summed E-state index contributed by atoms with van der Waals surface area (Å²) in [5.74, 6) is 13.1. The van der Waals surface area contributed by atoms with Crippen LogP contribution in [0.25, 0.3) is 14.5 Å². The van der Waals surface area contributed by atoms with Crippen LogP contribution in [0.1, 0.15) is 275 Å².